The van der Waals surface area contributed by atoms with E-state index in [2.05, 4.69) is 28.8 Å². The first-order valence-electron chi connectivity index (χ1n) is 6.76. The lowest BCUT2D eigenvalue weighted by Gasteiger charge is -2.09. The third-order valence-corrected chi connectivity index (χ3v) is 3.32. The minimum atomic E-state index is 0.0594. The molecule has 0 radical (unpaired) electrons. The summed E-state index contributed by atoms with van der Waals surface area (Å²) in [5.74, 6) is 0.0594. The van der Waals surface area contributed by atoms with Gasteiger partial charge in [0.15, 0.2) is 0 Å². The van der Waals surface area contributed by atoms with Crippen LogP contribution < -0.4 is 10.6 Å². The second-order valence-corrected chi connectivity index (χ2v) is 5.27. The Morgan fingerprint density at radius 1 is 1.28 bits per heavy atom. The monoisotopic (exact) mass is 246 g/mol. The molecule has 1 aliphatic carbocycles. The fourth-order valence-corrected chi connectivity index (χ4v) is 2.30. The Kier molecular flexibility index (Phi) is 4.37. The van der Waals surface area contributed by atoms with E-state index in [9.17, 15) is 4.79 Å². The van der Waals surface area contributed by atoms with Crippen LogP contribution in [0.2, 0.25) is 0 Å². The molecular weight excluding hydrogens is 224 g/mol. The van der Waals surface area contributed by atoms with Crippen LogP contribution in [0.3, 0.4) is 0 Å². The topological polar surface area (TPSA) is 41.1 Å². The van der Waals surface area contributed by atoms with Gasteiger partial charge in [-0.2, -0.15) is 0 Å². The smallest absolute Gasteiger partial charge is 0.234 e. The molecule has 0 saturated heterocycles. The molecule has 2 N–H and O–H groups in total. The van der Waals surface area contributed by atoms with Crippen LogP contribution in [-0.4, -0.2) is 18.5 Å². The quantitative estimate of drug-likeness (QED) is 0.831. The minimum Gasteiger partial charge on any atom is -0.351 e. The number of carbonyl (C=O) groups excluding carboxylic acids is 1. The molecule has 0 bridgehead atoms. The van der Waals surface area contributed by atoms with E-state index in [0.29, 0.717) is 19.1 Å². The van der Waals surface area contributed by atoms with E-state index in [4.69, 9.17) is 0 Å². The van der Waals surface area contributed by atoms with Crippen LogP contribution in [0.1, 0.15) is 37.0 Å². The first kappa shape index (κ1) is 13.1. The summed E-state index contributed by atoms with van der Waals surface area (Å²) in [4.78, 5) is 11.6. The minimum absolute atomic E-state index is 0.0594. The first-order valence-corrected chi connectivity index (χ1v) is 6.76. The summed E-state index contributed by atoms with van der Waals surface area (Å²) in [6.07, 6.45) is 3.66. The average Bonchev–Trinajstić information content (AvgIpc) is 2.81. The van der Waals surface area contributed by atoms with Gasteiger partial charge in [0.1, 0.15) is 0 Å². The van der Waals surface area contributed by atoms with Crippen LogP contribution in [-0.2, 0) is 24.2 Å². The second kappa shape index (κ2) is 6.01. The van der Waals surface area contributed by atoms with E-state index in [1.807, 2.05) is 13.8 Å². The van der Waals surface area contributed by atoms with Gasteiger partial charge < -0.3 is 10.6 Å². The van der Waals surface area contributed by atoms with Crippen molar-refractivity contribution in [3.8, 4) is 0 Å². The van der Waals surface area contributed by atoms with Gasteiger partial charge in [0.05, 0.1) is 6.54 Å². The third-order valence-electron chi connectivity index (χ3n) is 3.32. The summed E-state index contributed by atoms with van der Waals surface area (Å²) in [5.41, 5.74) is 4.14. The molecule has 98 valence electrons. The molecule has 1 aliphatic rings. The highest BCUT2D eigenvalue weighted by atomic mass is 16.1. The fraction of sp³-hybridized carbons (Fsp3) is 0.533. The Morgan fingerprint density at radius 2 is 2.06 bits per heavy atom. The van der Waals surface area contributed by atoms with Crippen molar-refractivity contribution in [1.29, 1.82) is 0 Å². The largest absolute Gasteiger partial charge is 0.351 e. The van der Waals surface area contributed by atoms with Gasteiger partial charge in [-0.15, -0.1) is 0 Å². The van der Waals surface area contributed by atoms with Gasteiger partial charge in [-0.3, -0.25) is 4.79 Å². The van der Waals surface area contributed by atoms with Crippen LogP contribution >= 0.6 is 0 Å². The number of hydrogen-bond donors (Lipinski definition) is 2. The summed E-state index contributed by atoms with van der Waals surface area (Å²) in [6.45, 7) is 5.09. The number of benzene rings is 1. The molecule has 0 fully saturated rings. The van der Waals surface area contributed by atoms with E-state index in [1.54, 1.807) is 0 Å². The summed E-state index contributed by atoms with van der Waals surface area (Å²) >= 11 is 0. The van der Waals surface area contributed by atoms with Crippen molar-refractivity contribution >= 4 is 5.91 Å². The SMILES string of the molecule is CC(C)NCC(=O)NCc1ccc2c(c1)CCC2. The van der Waals surface area contributed by atoms with E-state index >= 15 is 0 Å². The normalized spacial score (nSPS) is 13.7. The molecule has 3 heteroatoms. The maximum atomic E-state index is 11.6. The summed E-state index contributed by atoms with van der Waals surface area (Å²) < 4.78 is 0. The van der Waals surface area contributed by atoms with Gasteiger partial charge in [0, 0.05) is 12.6 Å². The number of rotatable bonds is 5. The number of aryl methyl sites for hydroxylation is 2. The van der Waals surface area contributed by atoms with E-state index in [0.717, 1.165) is 0 Å². The van der Waals surface area contributed by atoms with Crippen molar-refractivity contribution in [2.45, 2.75) is 45.7 Å². The van der Waals surface area contributed by atoms with Crippen LogP contribution in [0.4, 0.5) is 0 Å². The number of amides is 1. The molecule has 18 heavy (non-hydrogen) atoms. The van der Waals surface area contributed by atoms with Gasteiger partial charge in [-0.1, -0.05) is 32.0 Å². The lowest BCUT2D eigenvalue weighted by molar-refractivity contribution is -0.120. The summed E-state index contributed by atoms with van der Waals surface area (Å²) in [7, 11) is 0. The van der Waals surface area contributed by atoms with Crippen LogP contribution in [0.25, 0.3) is 0 Å². The summed E-state index contributed by atoms with van der Waals surface area (Å²) in [6, 6.07) is 6.91. The van der Waals surface area contributed by atoms with Gasteiger partial charge in [0.25, 0.3) is 0 Å². The molecule has 0 saturated carbocycles. The van der Waals surface area contributed by atoms with E-state index in [-0.39, 0.29) is 5.91 Å². The molecule has 1 aromatic carbocycles. The molecule has 2 rings (SSSR count). The predicted octanol–water partition coefficient (Wildman–Crippen LogP) is 1.79. The van der Waals surface area contributed by atoms with Crippen molar-refractivity contribution in [3.05, 3.63) is 34.9 Å². The van der Waals surface area contributed by atoms with Crippen molar-refractivity contribution in [3.63, 3.8) is 0 Å². The van der Waals surface area contributed by atoms with E-state index in [1.165, 1.54) is 36.0 Å². The molecule has 1 amide bonds. The highest BCUT2D eigenvalue weighted by molar-refractivity contribution is 5.78. The van der Waals surface area contributed by atoms with Gasteiger partial charge in [-0.05, 0) is 36.0 Å². The Labute approximate surface area is 109 Å². The zero-order chi connectivity index (χ0) is 13.0. The highest BCUT2D eigenvalue weighted by Gasteiger charge is 2.11. The predicted molar refractivity (Wildman–Crippen MR) is 73.5 cm³/mol. The maximum Gasteiger partial charge on any atom is 0.234 e. The second-order valence-electron chi connectivity index (χ2n) is 5.27. The Balaban J connectivity index is 1.81. The highest BCUT2D eigenvalue weighted by Crippen LogP contribution is 2.22. The molecule has 0 aromatic heterocycles. The number of carbonyl (C=O) groups is 1. The van der Waals surface area contributed by atoms with Crippen molar-refractivity contribution in [2.24, 2.45) is 0 Å². The van der Waals surface area contributed by atoms with Crippen molar-refractivity contribution in [2.75, 3.05) is 6.54 Å². The number of nitrogens with one attached hydrogen (secondary N) is 2. The van der Waals surface area contributed by atoms with Crippen LogP contribution in [0, 0.1) is 0 Å². The van der Waals surface area contributed by atoms with Gasteiger partial charge in [0.2, 0.25) is 5.91 Å². The molecule has 0 aliphatic heterocycles. The molecule has 0 heterocycles. The Hall–Kier alpha value is -1.35. The molecule has 0 unspecified atom stereocenters. The molecule has 1 aromatic rings. The number of hydrogen-bond acceptors (Lipinski definition) is 2. The van der Waals surface area contributed by atoms with Crippen molar-refractivity contribution < 1.29 is 4.79 Å². The van der Waals surface area contributed by atoms with Crippen LogP contribution in [0.15, 0.2) is 18.2 Å². The van der Waals surface area contributed by atoms with Crippen molar-refractivity contribution in [1.82, 2.24) is 10.6 Å². The molecule has 0 atom stereocenters. The Bertz CT molecular complexity index is 427. The standard InChI is InChI=1S/C15H22N2O/c1-11(2)16-10-15(18)17-9-12-6-7-13-4-3-5-14(13)8-12/h6-8,11,16H,3-5,9-10H2,1-2H3,(H,17,18). The Morgan fingerprint density at radius 3 is 2.83 bits per heavy atom. The van der Waals surface area contributed by atoms with Gasteiger partial charge >= 0.3 is 0 Å². The zero-order valence-corrected chi connectivity index (χ0v) is 11.3. The zero-order valence-electron chi connectivity index (χ0n) is 11.3. The summed E-state index contributed by atoms with van der Waals surface area (Å²) in [5, 5.41) is 6.06. The third kappa shape index (κ3) is 3.57. The molecule has 0 spiro atoms. The van der Waals surface area contributed by atoms with Crippen LogP contribution in [0.5, 0.6) is 0 Å². The maximum absolute atomic E-state index is 11.6. The molecular formula is C15H22N2O. The number of fused-ring (bicyclic) bond motifs is 1. The fourth-order valence-electron chi connectivity index (χ4n) is 2.30. The molecule has 3 nitrogen and oxygen atoms in total. The lowest BCUT2D eigenvalue weighted by Crippen LogP contribution is -2.36. The van der Waals surface area contributed by atoms with E-state index < -0.39 is 0 Å². The average molecular weight is 246 g/mol. The lowest BCUT2D eigenvalue weighted by atomic mass is 10.1. The van der Waals surface area contributed by atoms with Gasteiger partial charge in [-0.25, -0.2) is 0 Å². The first-order chi connectivity index (χ1) is 8.65.